The highest BCUT2D eigenvalue weighted by molar-refractivity contribution is 6.24. The fourth-order valence-electron chi connectivity index (χ4n) is 3.50. The van der Waals surface area contributed by atoms with Crippen molar-refractivity contribution >= 4 is 43.8 Å². The van der Waals surface area contributed by atoms with E-state index < -0.39 is 106 Å². The van der Waals surface area contributed by atoms with E-state index in [2.05, 4.69) is 0 Å². The molecule has 4 aromatic carbocycles. The number of fused-ring (bicyclic) bond motifs is 6. The molecule has 2 aromatic heterocycles. The second kappa shape index (κ2) is 5.30. The molecular formula is C24H14N2O2. The van der Waals surface area contributed by atoms with Crippen LogP contribution in [0.25, 0.3) is 49.2 Å². The molecule has 0 bridgehead atoms. The molecule has 0 saturated heterocycles. The van der Waals surface area contributed by atoms with E-state index in [1.165, 1.54) is 0 Å². The van der Waals surface area contributed by atoms with Crippen LogP contribution in [0, 0.1) is 10.1 Å². The van der Waals surface area contributed by atoms with E-state index in [9.17, 15) is 10.1 Å². The van der Waals surface area contributed by atoms with Crippen molar-refractivity contribution in [3.05, 3.63) is 94.7 Å². The third kappa shape index (κ3) is 1.84. The molecule has 0 atom stereocenters. The molecule has 0 aliphatic rings. The summed E-state index contributed by atoms with van der Waals surface area (Å²) in [4.78, 5) is 11.1. The van der Waals surface area contributed by atoms with Crippen LogP contribution in [0.1, 0.15) is 19.2 Å². The summed E-state index contributed by atoms with van der Waals surface area (Å²) in [7, 11) is 0. The van der Waals surface area contributed by atoms with Crippen molar-refractivity contribution in [1.29, 1.82) is 0 Å². The Kier molecular flexibility index (Phi) is 1.31. The molecule has 0 fully saturated rings. The summed E-state index contributed by atoms with van der Waals surface area (Å²) in [6.45, 7) is 0. The predicted octanol–water partition coefficient (Wildman–Crippen LogP) is 6.41. The van der Waals surface area contributed by atoms with E-state index in [0.717, 1.165) is 4.40 Å². The molecule has 0 radical (unpaired) electrons. The Hall–Kier alpha value is -3.92. The van der Waals surface area contributed by atoms with Gasteiger partial charge in [0, 0.05) is 27.6 Å². The van der Waals surface area contributed by atoms with Gasteiger partial charge < -0.3 is 4.40 Å². The zero-order valence-electron chi connectivity index (χ0n) is 27.7. The molecule has 28 heavy (non-hydrogen) atoms. The first-order valence-electron chi connectivity index (χ1n) is 15.0. The zero-order chi connectivity index (χ0) is 31.0. The summed E-state index contributed by atoms with van der Waals surface area (Å²) in [6, 6.07) is -10.4. The van der Waals surface area contributed by atoms with Crippen LogP contribution in [0.4, 0.5) is 5.69 Å². The lowest BCUT2D eigenvalue weighted by Gasteiger charge is -2.05. The largest absolute Gasteiger partial charge is 0.308 e. The number of nitro benzene ring substituents is 1. The first kappa shape index (κ1) is 6.91. The highest BCUT2D eigenvalue weighted by atomic mass is 16.6. The summed E-state index contributed by atoms with van der Waals surface area (Å²) >= 11 is 0. The molecule has 132 valence electrons. The van der Waals surface area contributed by atoms with Crippen LogP contribution in [-0.4, -0.2) is 9.32 Å². The highest BCUT2D eigenvalue weighted by Crippen LogP contribution is 2.42. The molecule has 2 heterocycles. The molecule has 0 N–H and O–H groups in total. The molecule has 4 nitrogen and oxygen atoms in total. The zero-order valence-corrected chi connectivity index (χ0v) is 13.7. The monoisotopic (exact) mass is 376 g/mol. The molecule has 0 unspecified atom stereocenters. The van der Waals surface area contributed by atoms with Gasteiger partial charge >= 0.3 is 0 Å². The lowest BCUT2D eigenvalue weighted by atomic mass is 9.98. The number of hydrogen-bond acceptors (Lipinski definition) is 2. The van der Waals surface area contributed by atoms with Gasteiger partial charge in [0.05, 0.1) is 46.2 Å². The van der Waals surface area contributed by atoms with Gasteiger partial charge in [0.15, 0.2) is 0 Å². The van der Waals surface area contributed by atoms with Crippen LogP contribution in [-0.2, 0) is 0 Å². The lowest BCUT2D eigenvalue weighted by Crippen LogP contribution is -1.91. The number of rotatable bonds is 2. The maximum atomic E-state index is 12.1. The van der Waals surface area contributed by atoms with Crippen LogP contribution in [0.2, 0.25) is 0 Å². The highest BCUT2D eigenvalue weighted by Gasteiger charge is 2.20. The van der Waals surface area contributed by atoms with E-state index in [0.29, 0.717) is 0 Å². The number of para-hydroxylation sites is 3. The number of benzene rings is 4. The van der Waals surface area contributed by atoms with E-state index in [1.54, 1.807) is 0 Å². The average molecular weight is 376 g/mol. The second-order valence-electron chi connectivity index (χ2n) is 5.99. The number of nitrogens with zero attached hydrogens (tertiary/aromatic N) is 2. The molecule has 0 aliphatic heterocycles. The topological polar surface area (TPSA) is 47.5 Å². The quantitative estimate of drug-likeness (QED) is 0.259. The molecule has 6 aromatic rings. The van der Waals surface area contributed by atoms with Gasteiger partial charge in [-0.3, -0.25) is 10.1 Å². The van der Waals surface area contributed by atoms with Crippen LogP contribution in [0.5, 0.6) is 0 Å². The van der Waals surface area contributed by atoms with Crippen molar-refractivity contribution in [2.24, 2.45) is 0 Å². The summed E-state index contributed by atoms with van der Waals surface area (Å²) in [5.41, 5.74) is -3.24. The summed E-state index contributed by atoms with van der Waals surface area (Å²) in [5, 5.41) is 11.1. The van der Waals surface area contributed by atoms with Gasteiger partial charge in [0.25, 0.3) is 5.69 Å². The standard InChI is InChI=1S/C24H14N2O2/c27-26(28)23-12-6-1-7-16(23)15-13-19-17-8-2-4-10-21(17)25-22-11-5-3-9-18(22)20(14-15)24(19)25/h1-14H/i1D,2D,3D,4D,5D,6D,7D,8D,9D,10D,11D,12D,13D,14D. The Morgan fingerprint density at radius 1 is 0.750 bits per heavy atom. The third-order valence-corrected chi connectivity index (χ3v) is 4.58. The molecular weight excluding hydrogens is 348 g/mol. The van der Waals surface area contributed by atoms with E-state index in [4.69, 9.17) is 19.2 Å². The molecule has 4 heteroatoms. The average Bonchev–Trinajstić information content (AvgIpc) is 3.47. The summed E-state index contributed by atoms with van der Waals surface area (Å²) in [6.07, 6.45) is 0. The van der Waals surface area contributed by atoms with Crippen molar-refractivity contribution in [3.63, 3.8) is 0 Å². The molecule has 0 spiro atoms. The van der Waals surface area contributed by atoms with Crippen molar-refractivity contribution in [2.75, 3.05) is 0 Å². The predicted molar refractivity (Wildman–Crippen MR) is 113 cm³/mol. The number of hydrogen-bond donors (Lipinski definition) is 0. The Bertz CT molecular complexity index is 2160. The minimum absolute atomic E-state index is 0.124. The van der Waals surface area contributed by atoms with E-state index >= 15 is 0 Å². The molecule has 6 rings (SSSR count). The minimum atomic E-state index is -1.13. The van der Waals surface area contributed by atoms with Crippen LogP contribution >= 0.6 is 0 Å². The van der Waals surface area contributed by atoms with Crippen LogP contribution < -0.4 is 0 Å². The lowest BCUT2D eigenvalue weighted by molar-refractivity contribution is -0.384. The molecule has 0 saturated carbocycles. The fourth-order valence-corrected chi connectivity index (χ4v) is 3.50. The van der Waals surface area contributed by atoms with Crippen LogP contribution in [0.15, 0.2) is 84.6 Å². The fraction of sp³-hybridized carbons (Fsp3) is 0. The van der Waals surface area contributed by atoms with Gasteiger partial charge in [-0.2, -0.15) is 0 Å². The molecule has 0 aliphatic carbocycles. The first-order chi connectivity index (χ1) is 19.6. The Morgan fingerprint density at radius 2 is 1.29 bits per heavy atom. The Morgan fingerprint density at radius 3 is 1.89 bits per heavy atom. The molecule has 0 amide bonds. The summed E-state index contributed by atoms with van der Waals surface area (Å²) < 4.78 is 119. The maximum absolute atomic E-state index is 12.1. The van der Waals surface area contributed by atoms with E-state index in [1.807, 2.05) is 0 Å². The van der Waals surface area contributed by atoms with Gasteiger partial charge in [-0.1, -0.05) is 48.3 Å². The number of aromatic nitrogens is 1. The Balaban J connectivity index is 2.09. The van der Waals surface area contributed by atoms with Gasteiger partial charge in [-0.25, -0.2) is 0 Å². The normalized spacial score (nSPS) is 18.9. The van der Waals surface area contributed by atoms with Crippen molar-refractivity contribution in [2.45, 2.75) is 0 Å². The SMILES string of the molecule is [2H]c1c([2H])c([2H])c([N+](=O)[O-])c(-c2c([2H])c3c4c([2H])c([2H])c([2H])c([2H])c4n4c5c([2H])c([2H])c([2H])c([2H])c5c(c2[2H])c34)c1[2H]. The van der Waals surface area contributed by atoms with Crippen LogP contribution in [0.3, 0.4) is 0 Å². The van der Waals surface area contributed by atoms with Crippen molar-refractivity contribution in [3.8, 4) is 11.1 Å². The third-order valence-electron chi connectivity index (χ3n) is 4.58. The summed E-state index contributed by atoms with van der Waals surface area (Å²) in [5.74, 6) is 0. The first-order valence-corrected chi connectivity index (χ1v) is 8.01. The van der Waals surface area contributed by atoms with Gasteiger partial charge in [0.2, 0.25) is 0 Å². The smallest absolute Gasteiger partial charge is 0.277 e. The second-order valence-corrected chi connectivity index (χ2v) is 5.99. The Labute approximate surface area is 179 Å². The van der Waals surface area contributed by atoms with Gasteiger partial charge in [-0.05, 0) is 35.8 Å². The van der Waals surface area contributed by atoms with Crippen molar-refractivity contribution in [1.82, 2.24) is 4.40 Å². The minimum Gasteiger partial charge on any atom is -0.308 e. The van der Waals surface area contributed by atoms with Crippen molar-refractivity contribution < 1.29 is 24.1 Å². The van der Waals surface area contributed by atoms with Gasteiger partial charge in [0.1, 0.15) is 0 Å². The van der Waals surface area contributed by atoms with Gasteiger partial charge in [-0.15, -0.1) is 0 Å². The van der Waals surface area contributed by atoms with E-state index in [-0.39, 0.29) is 38.1 Å². The number of nitro groups is 1. The maximum Gasteiger partial charge on any atom is 0.277 e.